The molecule has 0 aliphatic heterocycles. The second-order valence-electron chi connectivity index (χ2n) is 7.38. The van der Waals surface area contributed by atoms with Crippen LogP contribution in [0.3, 0.4) is 0 Å². The molecule has 0 unspecified atom stereocenters. The second-order valence-corrected chi connectivity index (χ2v) is 9.62. The van der Waals surface area contributed by atoms with Gasteiger partial charge in [0.1, 0.15) is 6.04 Å². The summed E-state index contributed by atoms with van der Waals surface area (Å²) < 4.78 is 0. The van der Waals surface area contributed by atoms with Crippen LogP contribution in [0, 0.1) is 0 Å². The SMILES string of the molecule is CC[C@@H](C)NC(=O)[C@H](C)N(Cc1ccc(Cl)cc1)C(=O)CSCc1ccc(Cl)c(Cl)c1. The van der Waals surface area contributed by atoms with Gasteiger partial charge in [0.25, 0.3) is 0 Å². The monoisotopic (exact) mass is 500 g/mol. The molecule has 31 heavy (non-hydrogen) atoms. The van der Waals surface area contributed by atoms with Gasteiger partial charge in [0.2, 0.25) is 11.8 Å². The number of thioether (sulfide) groups is 1. The van der Waals surface area contributed by atoms with Crippen molar-refractivity contribution >= 4 is 58.4 Å². The highest BCUT2D eigenvalue weighted by molar-refractivity contribution is 7.99. The van der Waals surface area contributed by atoms with E-state index in [1.807, 2.05) is 32.0 Å². The Hall–Kier alpha value is -1.40. The normalized spacial score (nSPS) is 12.8. The Labute approximate surface area is 203 Å². The summed E-state index contributed by atoms with van der Waals surface area (Å²) >= 11 is 19.5. The van der Waals surface area contributed by atoms with E-state index in [2.05, 4.69) is 5.32 Å². The van der Waals surface area contributed by atoms with Gasteiger partial charge in [0.05, 0.1) is 15.8 Å². The van der Waals surface area contributed by atoms with Crippen molar-refractivity contribution in [3.63, 3.8) is 0 Å². The molecule has 0 radical (unpaired) electrons. The van der Waals surface area contributed by atoms with Crippen LogP contribution in [0.4, 0.5) is 0 Å². The van der Waals surface area contributed by atoms with E-state index in [1.54, 1.807) is 36.1 Å². The van der Waals surface area contributed by atoms with Crippen LogP contribution in [0.1, 0.15) is 38.3 Å². The van der Waals surface area contributed by atoms with Gasteiger partial charge in [-0.1, -0.05) is 59.9 Å². The lowest BCUT2D eigenvalue weighted by atomic mass is 10.1. The maximum atomic E-state index is 13.1. The highest BCUT2D eigenvalue weighted by Gasteiger charge is 2.26. The van der Waals surface area contributed by atoms with Gasteiger partial charge in [-0.15, -0.1) is 11.8 Å². The molecule has 0 aromatic heterocycles. The predicted octanol–water partition coefficient (Wildman–Crippen LogP) is 6.21. The molecule has 0 spiro atoms. The molecule has 8 heteroatoms. The van der Waals surface area contributed by atoms with E-state index in [0.29, 0.717) is 27.4 Å². The van der Waals surface area contributed by atoms with E-state index in [0.717, 1.165) is 17.5 Å². The number of halogens is 3. The molecule has 0 aliphatic rings. The van der Waals surface area contributed by atoms with E-state index < -0.39 is 6.04 Å². The molecule has 0 aliphatic carbocycles. The Morgan fingerprint density at radius 3 is 2.26 bits per heavy atom. The lowest BCUT2D eigenvalue weighted by molar-refractivity contribution is -0.138. The van der Waals surface area contributed by atoms with E-state index in [4.69, 9.17) is 34.8 Å². The molecule has 0 fully saturated rings. The van der Waals surface area contributed by atoms with E-state index in [1.165, 1.54) is 11.8 Å². The smallest absolute Gasteiger partial charge is 0.242 e. The van der Waals surface area contributed by atoms with Crippen molar-refractivity contribution < 1.29 is 9.59 Å². The Bertz CT molecular complexity index is 893. The van der Waals surface area contributed by atoms with E-state index in [9.17, 15) is 9.59 Å². The van der Waals surface area contributed by atoms with Crippen molar-refractivity contribution in [3.05, 3.63) is 68.7 Å². The van der Waals surface area contributed by atoms with Crippen molar-refractivity contribution in [3.8, 4) is 0 Å². The first-order valence-electron chi connectivity index (χ1n) is 10.1. The zero-order valence-corrected chi connectivity index (χ0v) is 20.9. The minimum absolute atomic E-state index is 0.0477. The van der Waals surface area contributed by atoms with E-state index >= 15 is 0 Å². The number of amides is 2. The zero-order valence-electron chi connectivity index (χ0n) is 17.8. The number of hydrogen-bond donors (Lipinski definition) is 1. The summed E-state index contributed by atoms with van der Waals surface area (Å²) in [4.78, 5) is 27.4. The van der Waals surface area contributed by atoms with Gasteiger partial charge in [-0.25, -0.2) is 0 Å². The summed E-state index contributed by atoms with van der Waals surface area (Å²) in [7, 11) is 0. The van der Waals surface area contributed by atoms with Gasteiger partial charge in [0, 0.05) is 23.4 Å². The third-order valence-corrected chi connectivity index (χ3v) is 6.89. The fraction of sp³-hybridized carbons (Fsp3) is 0.391. The average Bonchev–Trinajstić information content (AvgIpc) is 2.75. The molecule has 168 valence electrons. The summed E-state index contributed by atoms with van der Waals surface area (Å²) in [5, 5.41) is 4.58. The largest absolute Gasteiger partial charge is 0.352 e. The molecular weight excluding hydrogens is 475 g/mol. The molecule has 2 amide bonds. The number of carbonyl (C=O) groups is 2. The van der Waals surface area contributed by atoms with E-state index in [-0.39, 0.29) is 23.6 Å². The fourth-order valence-corrected chi connectivity index (χ4v) is 4.11. The van der Waals surface area contributed by atoms with Gasteiger partial charge < -0.3 is 10.2 Å². The minimum atomic E-state index is -0.595. The number of rotatable bonds is 10. The molecule has 4 nitrogen and oxygen atoms in total. The van der Waals surface area contributed by atoms with Crippen LogP contribution in [0.2, 0.25) is 15.1 Å². The average molecular weight is 502 g/mol. The minimum Gasteiger partial charge on any atom is -0.352 e. The van der Waals surface area contributed by atoms with Crippen LogP contribution in [0.25, 0.3) is 0 Å². The Morgan fingerprint density at radius 2 is 1.65 bits per heavy atom. The fourth-order valence-electron chi connectivity index (χ4n) is 2.80. The third kappa shape index (κ3) is 8.23. The summed E-state index contributed by atoms with van der Waals surface area (Å²) in [5.41, 5.74) is 1.90. The third-order valence-electron chi connectivity index (χ3n) is 4.91. The lowest BCUT2D eigenvalue weighted by Crippen LogP contribution is -2.50. The number of carbonyl (C=O) groups excluding carboxylic acids is 2. The summed E-state index contributed by atoms with van der Waals surface area (Å²) in [6.45, 7) is 6.04. The maximum Gasteiger partial charge on any atom is 0.242 e. The summed E-state index contributed by atoms with van der Waals surface area (Å²) in [6.07, 6.45) is 0.823. The van der Waals surface area contributed by atoms with Gasteiger partial charge in [-0.05, 0) is 55.7 Å². The van der Waals surface area contributed by atoms with Crippen molar-refractivity contribution in [2.24, 2.45) is 0 Å². The summed E-state index contributed by atoms with van der Waals surface area (Å²) in [6, 6.07) is 12.2. The first kappa shape index (κ1) is 25.9. The first-order valence-corrected chi connectivity index (χ1v) is 12.4. The van der Waals surface area contributed by atoms with Crippen molar-refractivity contribution in [1.29, 1.82) is 0 Å². The Balaban J connectivity index is 2.07. The van der Waals surface area contributed by atoms with Gasteiger partial charge in [-0.3, -0.25) is 9.59 Å². The molecule has 2 aromatic carbocycles. The van der Waals surface area contributed by atoms with Gasteiger partial charge >= 0.3 is 0 Å². The quantitative estimate of drug-likeness (QED) is 0.421. The van der Waals surface area contributed by atoms with Crippen LogP contribution < -0.4 is 5.32 Å². The number of nitrogens with zero attached hydrogens (tertiary/aromatic N) is 1. The van der Waals surface area contributed by atoms with Crippen LogP contribution in [0.5, 0.6) is 0 Å². The molecule has 0 saturated carbocycles. The molecular formula is C23H27Cl3N2O2S. The zero-order chi connectivity index (χ0) is 23.0. The first-order chi connectivity index (χ1) is 14.7. The van der Waals surface area contributed by atoms with Crippen LogP contribution in [-0.2, 0) is 21.9 Å². The Kier molecular flexibility index (Phi) is 10.5. The van der Waals surface area contributed by atoms with Crippen molar-refractivity contribution in [1.82, 2.24) is 10.2 Å². The van der Waals surface area contributed by atoms with Crippen LogP contribution >= 0.6 is 46.6 Å². The molecule has 1 N–H and O–H groups in total. The maximum absolute atomic E-state index is 13.1. The van der Waals surface area contributed by atoms with Crippen molar-refractivity contribution in [2.45, 2.75) is 51.6 Å². The molecule has 0 heterocycles. The van der Waals surface area contributed by atoms with Crippen LogP contribution in [0.15, 0.2) is 42.5 Å². The lowest BCUT2D eigenvalue weighted by Gasteiger charge is -2.29. The topological polar surface area (TPSA) is 49.4 Å². The highest BCUT2D eigenvalue weighted by Crippen LogP contribution is 2.25. The molecule has 2 rings (SSSR count). The molecule has 0 saturated heterocycles. The van der Waals surface area contributed by atoms with Crippen LogP contribution in [-0.4, -0.2) is 34.6 Å². The molecule has 0 bridgehead atoms. The predicted molar refractivity (Wildman–Crippen MR) is 132 cm³/mol. The van der Waals surface area contributed by atoms with Gasteiger partial charge in [0.15, 0.2) is 0 Å². The molecule has 2 atom stereocenters. The number of benzene rings is 2. The molecule has 2 aromatic rings. The Morgan fingerprint density at radius 1 is 1.00 bits per heavy atom. The van der Waals surface area contributed by atoms with Gasteiger partial charge in [-0.2, -0.15) is 0 Å². The standard InChI is InChI=1S/C23H27Cl3N2O2S/c1-4-15(2)27-23(30)16(3)28(12-17-5-8-19(24)9-6-17)22(29)14-31-13-18-7-10-20(25)21(26)11-18/h5-11,15-16H,4,12-14H2,1-3H3,(H,27,30)/t15-,16+/m1/s1. The van der Waals surface area contributed by atoms with Crippen molar-refractivity contribution in [2.75, 3.05) is 5.75 Å². The highest BCUT2D eigenvalue weighted by atomic mass is 35.5. The number of nitrogens with one attached hydrogen (secondary N) is 1. The summed E-state index contributed by atoms with van der Waals surface area (Å²) in [5.74, 6) is 0.595. The second kappa shape index (κ2) is 12.6. The number of hydrogen-bond acceptors (Lipinski definition) is 3.